The number of amides is 2. The summed E-state index contributed by atoms with van der Waals surface area (Å²) in [5, 5.41) is 0. The first-order valence-electron chi connectivity index (χ1n) is 9.03. The molecule has 6 heteroatoms. The highest BCUT2D eigenvalue weighted by Gasteiger charge is 2.43. The predicted octanol–water partition coefficient (Wildman–Crippen LogP) is 1.83. The van der Waals surface area contributed by atoms with E-state index in [0.717, 1.165) is 64.4 Å². The summed E-state index contributed by atoms with van der Waals surface area (Å²) in [4.78, 5) is 23.6. The van der Waals surface area contributed by atoms with Crippen molar-refractivity contribution < 1.29 is 9.53 Å². The maximum atomic E-state index is 12.8. The Kier molecular flexibility index (Phi) is 4.31. The summed E-state index contributed by atoms with van der Waals surface area (Å²) in [6.45, 7) is 6.59. The van der Waals surface area contributed by atoms with Crippen molar-refractivity contribution in [3.8, 4) is 0 Å². The number of hydrogen-bond acceptors (Lipinski definition) is 4. The summed E-state index contributed by atoms with van der Waals surface area (Å²) in [5.74, 6) is 1.02. The van der Waals surface area contributed by atoms with E-state index in [9.17, 15) is 4.79 Å². The first kappa shape index (κ1) is 15.7. The number of carbonyl (C=O) groups is 1. The third-order valence-electron chi connectivity index (χ3n) is 5.50. The van der Waals surface area contributed by atoms with Gasteiger partial charge in [-0.3, -0.25) is 0 Å². The minimum atomic E-state index is 0.0312. The maximum Gasteiger partial charge on any atom is 0.320 e. The molecular weight excluding hydrogens is 304 g/mol. The second kappa shape index (κ2) is 6.59. The van der Waals surface area contributed by atoms with Gasteiger partial charge in [-0.15, -0.1) is 0 Å². The van der Waals surface area contributed by atoms with Crippen molar-refractivity contribution in [1.29, 1.82) is 0 Å². The van der Waals surface area contributed by atoms with Gasteiger partial charge in [0.15, 0.2) is 0 Å². The zero-order valence-corrected chi connectivity index (χ0v) is 14.2. The van der Waals surface area contributed by atoms with Crippen LogP contribution in [-0.2, 0) is 4.74 Å². The molecule has 1 atom stereocenters. The molecule has 3 fully saturated rings. The number of aromatic nitrogens is 1. The van der Waals surface area contributed by atoms with Crippen LogP contribution in [-0.4, -0.2) is 73.3 Å². The molecule has 3 aliphatic rings. The lowest BCUT2D eigenvalue weighted by Gasteiger charge is -2.34. The van der Waals surface area contributed by atoms with E-state index in [0.29, 0.717) is 13.2 Å². The average Bonchev–Trinajstić information content (AvgIpc) is 3.24. The van der Waals surface area contributed by atoms with Crippen molar-refractivity contribution in [1.82, 2.24) is 14.8 Å². The molecule has 0 aliphatic carbocycles. The Hall–Kier alpha value is -1.82. The summed E-state index contributed by atoms with van der Waals surface area (Å²) in [5.41, 5.74) is 0.0312. The van der Waals surface area contributed by atoms with Crippen LogP contribution >= 0.6 is 0 Å². The van der Waals surface area contributed by atoms with Crippen LogP contribution in [0.3, 0.4) is 0 Å². The number of nitrogens with zero attached hydrogens (tertiary/aromatic N) is 4. The van der Waals surface area contributed by atoms with Gasteiger partial charge in [0.25, 0.3) is 0 Å². The van der Waals surface area contributed by atoms with Crippen LogP contribution in [0.2, 0.25) is 0 Å². The van der Waals surface area contributed by atoms with Crippen LogP contribution in [0.15, 0.2) is 24.4 Å². The molecule has 0 saturated carbocycles. The molecule has 4 heterocycles. The van der Waals surface area contributed by atoms with Crippen molar-refractivity contribution >= 4 is 11.8 Å². The number of carbonyl (C=O) groups excluding carboxylic acids is 1. The van der Waals surface area contributed by atoms with Gasteiger partial charge in [-0.2, -0.15) is 0 Å². The second-order valence-corrected chi connectivity index (χ2v) is 7.31. The summed E-state index contributed by atoms with van der Waals surface area (Å²) in [6, 6.07) is 6.23. The van der Waals surface area contributed by atoms with Crippen molar-refractivity contribution in [2.45, 2.75) is 19.3 Å². The van der Waals surface area contributed by atoms with Gasteiger partial charge in [0.05, 0.1) is 13.2 Å². The van der Waals surface area contributed by atoms with Gasteiger partial charge in [-0.1, -0.05) is 6.07 Å². The standard InChI is InChI=1S/C18H26N4O2/c23-17(20-8-3-4-9-20)22-11-12-24-15-18(14-22)6-10-21(13-18)16-5-1-2-7-19-16/h1-2,5,7H,3-4,6,8-15H2/t18-/m1/s1. The molecule has 0 aromatic carbocycles. The van der Waals surface area contributed by atoms with Gasteiger partial charge in [0, 0.05) is 50.9 Å². The molecular formula is C18H26N4O2. The lowest BCUT2D eigenvalue weighted by molar-refractivity contribution is 0.0800. The molecule has 3 saturated heterocycles. The third-order valence-corrected chi connectivity index (χ3v) is 5.50. The van der Waals surface area contributed by atoms with Crippen LogP contribution in [0.1, 0.15) is 19.3 Å². The molecule has 3 aliphatic heterocycles. The van der Waals surface area contributed by atoms with Gasteiger partial charge >= 0.3 is 6.03 Å². The number of anilines is 1. The van der Waals surface area contributed by atoms with E-state index in [1.165, 1.54) is 0 Å². The monoisotopic (exact) mass is 330 g/mol. The summed E-state index contributed by atoms with van der Waals surface area (Å²) >= 11 is 0. The SMILES string of the molecule is O=C(N1CCCC1)N1CCOC[C@@]2(CCN(c3ccccn3)C2)C1. The van der Waals surface area contributed by atoms with Gasteiger partial charge in [0.2, 0.25) is 0 Å². The predicted molar refractivity (Wildman–Crippen MR) is 92.1 cm³/mol. The van der Waals surface area contributed by atoms with E-state index >= 15 is 0 Å². The molecule has 0 bridgehead atoms. The number of ether oxygens (including phenoxy) is 1. The number of hydrogen-bond donors (Lipinski definition) is 0. The number of likely N-dealkylation sites (tertiary alicyclic amines) is 1. The minimum absolute atomic E-state index is 0.0312. The maximum absolute atomic E-state index is 12.8. The van der Waals surface area contributed by atoms with Gasteiger partial charge in [-0.05, 0) is 31.4 Å². The Morgan fingerprint density at radius 1 is 1.08 bits per heavy atom. The van der Waals surface area contributed by atoms with Gasteiger partial charge < -0.3 is 19.4 Å². The Labute approximate surface area is 143 Å². The fourth-order valence-electron chi connectivity index (χ4n) is 4.18. The summed E-state index contributed by atoms with van der Waals surface area (Å²) in [7, 11) is 0. The molecule has 4 rings (SSSR count). The van der Waals surface area contributed by atoms with E-state index in [2.05, 4.69) is 16.0 Å². The van der Waals surface area contributed by atoms with E-state index in [1.54, 1.807) is 0 Å². The smallest absolute Gasteiger partial charge is 0.320 e. The van der Waals surface area contributed by atoms with Crippen LogP contribution in [0.5, 0.6) is 0 Å². The van der Waals surface area contributed by atoms with Crippen molar-refractivity contribution in [3.05, 3.63) is 24.4 Å². The normalized spacial score (nSPS) is 27.8. The molecule has 1 aromatic heterocycles. The Bertz CT molecular complexity index is 576. The highest BCUT2D eigenvalue weighted by molar-refractivity contribution is 5.74. The van der Waals surface area contributed by atoms with Crippen LogP contribution in [0.25, 0.3) is 0 Å². The van der Waals surface area contributed by atoms with Crippen molar-refractivity contribution in [2.75, 3.05) is 57.4 Å². The molecule has 24 heavy (non-hydrogen) atoms. The van der Waals surface area contributed by atoms with Crippen LogP contribution < -0.4 is 4.90 Å². The zero-order chi connectivity index (χ0) is 16.4. The number of rotatable bonds is 1. The molecule has 1 spiro atoms. The molecule has 6 nitrogen and oxygen atoms in total. The van der Waals surface area contributed by atoms with Crippen LogP contribution in [0.4, 0.5) is 10.6 Å². The van der Waals surface area contributed by atoms with Gasteiger partial charge in [-0.25, -0.2) is 9.78 Å². The molecule has 0 radical (unpaired) electrons. The zero-order valence-electron chi connectivity index (χ0n) is 14.2. The Balaban J connectivity index is 1.47. The summed E-state index contributed by atoms with van der Waals surface area (Å²) < 4.78 is 5.90. The highest BCUT2D eigenvalue weighted by Crippen LogP contribution is 2.35. The van der Waals surface area contributed by atoms with E-state index < -0.39 is 0 Å². The lowest BCUT2D eigenvalue weighted by Crippen LogP contribution is -2.48. The van der Waals surface area contributed by atoms with Crippen LogP contribution in [0, 0.1) is 5.41 Å². The van der Waals surface area contributed by atoms with Gasteiger partial charge in [0.1, 0.15) is 5.82 Å². The van der Waals surface area contributed by atoms with Crippen molar-refractivity contribution in [2.24, 2.45) is 5.41 Å². The fourth-order valence-corrected chi connectivity index (χ4v) is 4.18. The van der Waals surface area contributed by atoms with Crippen molar-refractivity contribution in [3.63, 3.8) is 0 Å². The molecule has 1 aromatic rings. The molecule has 130 valence electrons. The highest BCUT2D eigenvalue weighted by atomic mass is 16.5. The summed E-state index contributed by atoms with van der Waals surface area (Å²) in [6.07, 6.45) is 5.16. The molecule has 0 N–H and O–H groups in total. The average molecular weight is 330 g/mol. The largest absolute Gasteiger partial charge is 0.379 e. The first-order valence-corrected chi connectivity index (χ1v) is 9.03. The third kappa shape index (κ3) is 3.07. The Morgan fingerprint density at radius 3 is 2.75 bits per heavy atom. The minimum Gasteiger partial charge on any atom is -0.379 e. The second-order valence-electron chi connectivity index (χ2n) is 7.31. The fraction of sp³-hybridized carbons (Fsp3) is 0.667. The number of urea groups is 1. The number of pyridine rings is 1. The molecule has 0 unspecified atom stereocenters. The lowest BCUT2D eigenvalue weighted by atomic mass is 9.87. The topological polar surface area (TPSA) is 48.9 Å². The quantitative estimate of drug-likeness (QED) is 0.788. The van der Waals surface area contributed by atoms with E-state index in [4.69, 9.17) is 4.74 Å². The Morgan fingerprint density at radius 2 is 1.96 bits per heavy atom. The molecule has 2 amide bonds. The first-order chi connectivity index (χ1) is 11.8. The van der Waals surface area contributed by atoms with E-state index in [1.807, 2.05) is 28.1 Å². The van der Waals surface area contributed by atoms with E-state index in [-0.39, 0.29) is 11.4 Å².